The Bertz CT molecular complexity index is 998. The molecule has 0 fully saturated rings. The van der Waals surface area contributed by atoms with Gasteiger partial charge in [-0.1, -0.05) is 6.07 Å². The summed E-state index contributed by atoms with van der Waals surface area (Å²) in [5, 5.41) is 7.19. The lowest BCUT2D eigenvalue weighted by Crippen LogP contribution is -2.30. The van der Waals surface area contributed by atoms with E-state index >= 15 is 0 Å². The number of fused-ring (bicyclic) bond motifs is 1. The number of H-pyrrole nitrogens is 1. The Morgan fingerprint density at radius 1 is 1.18 bits per heavy atom. The van der Waals surface area contributed by atoms with Crippen LogP contribution in [0.5, 0.6) is 5.75 Å². The van der Waals surface area contributed by atoms with E-state index in [9.17, 15) is 13.2 Å². The van der Waals surface area contributed by atoms with E-state index in [4.69, 9.17) is 17.0 Å². The van der Waals surface area contributed by atoms with Crippen LogP contribution in [-0.4, -0.2) is 23.8 Å². The third-order valence-corrected chi connectivity index (χ3v) is 4.68. The second kappa shape index (κ2) is 8.10. The summed E-state index contributed by atoms with van der Waals surface area (Å²) < 4.78 is 43.7. The number of methoxy groups -OCH3 is 1. The van der Waals surface area contributed by atoms with Gasteiger partial charge in [-0.15, -0.1) is 0 Å². The van der Waals surface area contributed by atoms with Crippen molar-refractivity contribution in [3.63, 3.8) is 0 Å². The molecule has 3 N–H and O–H groups in total. The number of ether oxygens (including phenoxy) is 1. The molecule has 8 heteroatoms. The van der Waals surface area contributed by atoms with E-state index in [0.29, 0.717) is 18.7 Å². The molecule has 1 aromatic heterocycles. The van der Waals surface area contributed by atoms with Crippen molar-refractivity contribution < 1.29 is 17.9 Å². The van der Waals surface area contributed by atoms with Gasteiger partial charge >= 0.3 is 6.18 Å². The molecule has 4 nitrogen and oxygen atoms in total. The van der Waals surface area contributed by atoms with Gasteiger partial charge in [0, 0.05) is 28.8 Å². The summed E-state index contributed by atoms with van der Waals surface area (Å²) in [4.78, 5) is 3.34. The van der Waals surface area contributed by atoms with Crippen LogP contribution in [0.15, 0.2) is 42.5 Å². The van der Waals surface area contributed by atoms with E-state index in [-0.39, 0.29) is 5.11 Å². The molecular weight excluding hydrogens is 387 g/mol. The van der Waals surface area contributed by atoms with E-state index < -0.39 is 11.7 Å². The van der Waals surface area contributed by atoms with E-state index in [1.165, 1.54) is 6.07 Å². The SMILES string of the molecule is COc1ccc2[nH]c(C)c(CCNC(=S)Nc3cccc(C(F)(F)F)c3)c2c1. The van der Waals surface area contributed by atoms with Crippen molar-refractivity contribution in [1.29, 1.82) is 0 Å². The molecule has 0 unspecified atom stereocenters. The Balaban J connectivity index is 1.62. The highest BCUT2D eigenvalue weighted by Crippen LogP contribution is 2.30. The fourth-order valence-corrected chi connectivity index (χ4v) is 3.28. The monoisotopic (exact) mass is 407 g/mol. The number of aromatic nitrogens is 1. The van der Waals surface area contributed by atoms with Crippen LogP contribution in [0, 0.1) is 6.92 Å². The summed E-state index contributed by atoms with van der Waals surface area (Å²) in [6.45, 7) is 2.54. The molecule has 0 aliphatic heterocycles. The molecular formula is C20H20F3N3OS. The zero-order chi connectivity index (χ0) is 20.3. The highest BCUT2D eigenvalue weighted by molar-refractivity contribution is 7.80. The minimum Gasteiger partial charge on any atom is -0.497 e. The Morgan fingerprint density at radius 2 is 1.96 bits per heavy atom. The van der Waals surface area contributed by atoms with E-state index in [2.05, 4.69) is 15.6 Å². The fraction of sp³-hybridized carbons (Fsp3) is 0.250. The maximum absolute atomic E-state index is 12.8. The molecule has 0 saturated carbocycles. The summed E-state index contributed by atoms with van der Waals surface area (Å²) in [5.41, 5.74) is 2.80. The molecule has 2 aromatic carbocycles. The summed E-state index contributed by atoms with van der Waals surface area (Å²) in [5.74, 6) is 0.780. The Kier molecular flexibility index (Phi) is 5.79. The largest absolute Gasteiger partial charge is 0.497 e. The number of aromatic amines is 1. The standard InChI is InChI=1S/C20H20F3N3OS/c1-12-16(17-11-15(27-2)6-7-18(17)25-12)8-9-24-19(28)26-14-5-3-4-13(10-14)20(21,22)23/h3-7,10-11,25H,8-9H2,1-2H3,(H2,24,26,28). The van der Waals surface area contributed by atoms with Crippen LogP contribution in [0.3, 0.4) is 0 Å². The molecule has 1 heterocycles. The average molecular weight is 407 g/mol. The third kappa shape index (κ3) is 4.56. The van der Waals surface area contributed by atoms with Crippen molar-refractivity contribution in [2.24, 2.45) is 0 Å². The maximum Gasteiger partial charge on any atom is 0.416 e. The number of aryl methyl sites for hydroxylation is 1. The van der Waals surface area contributed by atoms with Crippen molar-refractivity contribution in [1.82, 2.24) is 10.3 Å². The molecule has 28 heavy (non-hydrogen) atoms. The lowest BCUT2D eigenvalue weighted by Gasteiger charge is -2.13. The van der Waals surface area contributed by atoms with Gasteiger partial charge in [0.05, 0.1) is 12.7 Å². The normalized spacial score (nSPS) is 11.5. The van der Waals surface area contributed by atoms with Gasteiger partial charge in [0.1, 0.15) is 5.75 Å². The lowest BCUT2D eigenvalue weighted by molar-refractivity contribution is -0.137. The molecule has 0 atom stereocenters. The van der Waals surface area contributed by atoms with E-state index in [0.717, 1.165) is 40.0 Å². The Morgan fingerprint density at radius 3 is 2.68 bits per heavy atom. The van der Waals surface area contributed by atoms with Crippen LogP contribution in [0.1, 0.15) is 16.8 Å². The summed E-state index contributed by atoms with van der Waals surface area (Å²) in [7, 11) is 1.62. The van der Waals surface area contributed by atoms with Crippen molar-refractivity contribution in [2.75, 3.05) is 19.0 Å². The predicted molar refractivity (Wildman–Crippen MR) is 109 cm³/mol. The van der Waals surface area contributed by atoms with Crippen molar-refractivity contribution in [3.8, 4) is 5.75 Å². The molecule has 0 amide bonds. The molecule has 0 saturated heterocycles. The first-order valence-corrected chi connectivity index (χ1v) is 9.06. The minimum absolute atomic E-state index is 0.273. The number of hydrogen-bond acceptors (Lipinski definition) is 2. The molecule has 0 spiro atoms. The first-order valence-electron chi connectivity index (χ1n) is 8.65. The molecule has 0 bridgehead atoms. The first-order chi connectivity index (χ1) is 13.3. The van der Waals surface area contributed by atoms with E-state index in [1.807, 2.05) is 25.1 Å². The number of hydrogen-bond donors (Lipinski definition) is 3. The van der Waals surface area contributed by atoms with Crippen molar-refractivity contribution >= 4 is 33.9 Å². The summed E-state index contributed by atoms with van der Waals surface area (Å²) in [6, 6.07) is 10.8. The number of nitrogens with one attached hydrogen (secondary N) is 3. The number of alkyl halides is 3. The van der Waals surface area contributed by atoms with Gasteiger partial charge in [-0.2, -0.15) is 13.2 Å². The number of rotatable bonds is 5. The van der Waals surface area contributed by atoms with E-state index in [1.54, 1.807) is 13.2 Å². The van der Waals surface area contributed by atoms with Gasteiger partial charge in [-0.05, 0) is 67.5 Å². The molecule has 0 aliphatic carbocycles. The number of thiocarbonyl (C=S) groups is 1. The van der Waals surface area contributed by atoms with Gasteiger partial charge in [-0.3, -0.25) is 0 Å². The van der Waals surface area contributed by atoms with Gasteiger partial charge in [0.2, 0.25) is 0 Å². The quantitative estimate of drug-likeness (QED) is 0.519. The zero-order valence-corrected chi connectivity index (χ0v) is 16.2. The molecule has 0 radical (unpaired) electrons. The number of anilines is 1. The van der Waals surface area contributed by atoms with Crippen molar-refractivity contribution in [3.05, 3.63) is 59.3 Å². The van der Waals surface area contributed by atoms with Crippen LogP contribution in [0.4, 0.5) is 18.9 Å². The third-order valence-electron chi connectivity index (χ3n) is 4.44. The highest BCUT2D eigenvalue weighted by Gasteiger charge is 2.30. The zero-order valence-electron chi connectivity index (χ0n) is 15.4. The fourth-order valence-electron chi connectivity index (χ4n) is 3.06. The molecule has 148 valence electrons. The van der Waals surface area contributed by atoms with Gasteiger partial charge in [0.15, 0.2) is 5.11 Å². The molecule has 3 aromatic rings. The van der Waals surface area contributed by atoms with Crippen LogP contribution < -0.4 is 15.4 Å². The van der Waals surface area contributed by atoms with Gasteiger partial charge < -0.3 is 20.4 Å². The lowest BCUT2D eigenvalue weighted by atomic mass is 10.1. The Hall–Kier alpha value is -2.74. The van der Waals surface area contributed by atoms with Gasteiger partial charge in [0.25, 0.3) is 0 Å². The van der Waals surface area contributed by atoms with Gasteiger partial charge in [-0.25, -0.2) is 0 Å². The summed E-state index contributed by atoms with van der Waals surface area (Å²) in [6.07, 6.45) is -3.69. The maximum atomic E-state index is 12.8. The van der Waals surface area contributed by atoms with Crippen LogP contribution >= 0.6 is 12.2 Å². The number of halogens is 3. The average Bonchev–Trinajstić information content (AvgIpc) is 2.96. The van der Waals surface area contributed by atoms with Crippen molar-refractivity contribution in [2.45, 2.75) is 19.5 Å². The first kappa shape index (κ1) is 20.0. The highest BCUT2D eigenvalue weighted by atomic mass is 32.1. The predicted octanol–water partition coefficient (Wildman–Crippen LogP) is 5.03. The minimum atomic E-state index is -4.39. The van der Waals surface area contributed by atoms with Crippen LogP contribution in [0.25, 0.3) is 10.9 Å². The molecule has 0 aliphatic rings. The summed E-state index contributed by atoms with van der Waals surface area (Å²) >= 11 is 5.20. The second-order valence-corrected chi connectivity index (χ2v) is 6.76. The number of benzene rings is 2. The smallest absolute Gasteiger partial charge is 0.416 e. The Labute approximate surface area is 166 Å². The molecule has 3 rings (SSSR count). The van der Waals surface area contributed by atoms with Crippen LogP contribution in [-0.2, 0) is 12.6 Å². The van der Waals surface area contributed by atoms with Crippen LogP contribution in [0.2, 0.25) is 0 Å². The topological polar surface area (TPSA) is 49.1 Å². The second-order valence-electron chi connectivity index (χ2n) is 6.35.